The molecule has 4 heterocycles. The lowest BCUT2D eigenvalue weighted by Gasteiger charge is -2.32. The number of aromatic nitrogens is 4. The molecule has 32 heavy (non-hydrogen) atoms. The highest BCUT2D eigenvalue weighted by atomic mass is 16.3. The minimum absolute atomic E-state index is 0.0325. The number of hydrogen-bond donors (Lipinski definition) is 3. The van der Waals surface area contributed by atoms with Crippen LogP contribution in [0.3, 0.4) is 0 Å². The van der Waals surface area contributed by atoms with Crippen molar-refractivity contribution in [1.29, 1.82) is 0 Å². The standard InChI is InChI=1S/C22H36N8O2/c1-2-23-21-24-17-18(19(26-21)28-9-5-3-6-10-28)25-22(30(13-15-31)14-16-32)27-20(17)29-11-7-4-8-12-29/h31-32H,2-16H2,1H3,(H,23,24,26). The molecule has 10 nitrogen and oxygen atoms in total. The van der Waals surface area contributed by atoms with Crippen LogP contribution in [0.25, 0.3) is 11.0 Å². The number of aliphatic hydroxyl groups excluding tert-OH is 2. The molecule has 0 radical (unpaired) electrons. The fourth-order valence-corrected chi connectivity index (χ4v) is 4.56. The van der Waals surface area contributed by atoms with E-state index in [9.17, 15) is 10.2 Å². The van der Waals surface area contributed by atoms with E-state index in [4.69, 9.17) is 19.9 Å². The van der Waals surface area contributed by atoms with Crippen molar-refractivity contribution in [2.24, 2.45) is 0 Å². The molecule has 0 aromatic carbocycles. The highest BCUT2D eigenvalue weighted by molar-refractivity contribution is 5.95. The van der Waals surface area contributed by atoms with Crippen LogP contribution < -0.4 is 20.0 Å². The smallest absolute Gasteiger partial charge is 0.228 e. The summed E-state index contributed by atoms with van der Waals surface area (Å²) in [5, 5.41) is 22.4. The van der Waals surface area contributed by atoms with E-state index >= 15 is 0 Å². The maximum absolute atomic E-state index is 9.58. The molecule has 4 rings (SSSR count). The van der Waals surface area contributed by atoms with Gasteiger partial charge in [0.15, 0.2) is 11.6 Å². The second-order valence-electron chi connectivity index (χ2n) is 8.48. The summed E-state index contributed by atoms with van der Waals surface area (Å²) < 4.78 is 0. The Hall–Kier alpha value is -2.46. The van der Waals surface area contributed by atoms with Gasteiger partial charge in [0.1, 0.15) is 11.0 Å². The van der Waals surface area contributed by atoms with E-state index in [1.165, 1.54) is 12.8 Å². The third-order valence-corrected chi connectivity index (χ3v) is 6.16. The monoisotopic (exact) mass is 444 g/mol. The first-order chi connectivity index (χ1) is 15.7. The lowest BCUT2D eigenvalue weighted by atomic mass is 10.1. The van der Waals surface area contributed by atoms with Crippen LogP contribution in [-0.4, -0.2) is 89.2 Å². The molecule has 2 saturated heterocycles. The lowest BCUT2D eigenvalue weighted by molar-refractivity contribution is 0.280. The van der Waals surface area contributed by atoms with Crippen LogP contribution >= 0.6 is 0 Å². The maximum atomic E-state index is 9.58. The summed E-state index contributed by atoms with van der Waals surface area (Å²) in [7, 11) is 0. The van der Waals surface area contributed by atoms with Gasteiger partial charge in [0.25, 0.3) is 0 Å². The van der Waals surface area contributed by atoms with Crippen LogP contribution in [0.1, 0.15) is 45.4 Å². The van der Waals surface area contributed by atoms with E-state index in [-0.39, 0.29) is 13.2 Å². The molecule has 0 atom stereocenters. The zero-order valence-electron chi connectivity index (χ0n) is 19.1. The number of hydrogen-bond acceptors (Lipinski definition) is 10. The van der Waals surface area contributed by atoms with Crippen molar-refractivity contribution in [3.8, 4) is 0 Å². The Bertz CT molecular complexity index is 878. The molecule has 0 bridgehead atoms. The van der Waals surface area contributed by atoms with Crippen LogP contribution in [0.4, 0.5) is 23.5 Å². The summed E-state index contributed by atoms with van der Waals surface area (Å²) in [5.41, 5.74) is 1.52. The summed E-state index contributed by atoms with van der Waals surface area (Å²) in [5.74, 6) is 2.79. The Labute approximate surface area is 189 Å². The average Bonchev–Trinajstić information content (AvgIpc) is 2.84. The molecule has 2 aromatic heterocycles. The SMILES string of the molecule is CCNc1nc(N2CCCCC2)c2nc(N(CCO)CCO)nc(N3CCCCC3)c2n1. The van der Waals surface area contributed by atoms with Crippen molar-refractivity contribution in [3.63, 3.8) is 0 Å². The van der Waals surface area contributed by atoms with Gasteiger partial charge in [-0.2, -0.15) is 9.97 Å². The first kappa shape index (κ1) is 22.7. The van der Waals surface area contributed by atoms with E-state index in [2.05, 4.69) is 15.1 Å². The van der Waals surface area contributed by atoms with E-state index in [0.717, 1.165) is 81.1 Å². The molecular weight excluding hydrogens is 408 g/mol. The second-order valence-corrected chi connectivity index (χ2v) is 8.48. The molecule has 0 aliphatic carbocycles. The number of fused-ring (bicyclic) bond motifs is 1. The van der Waals surface area contributed by atoms with Gasteiger partial charge < -0.3 is 30.2 Å². The minimum atomic E-state index is -0.0325. The van der Waals surface area contributed by atoms with Crippen LogP contribution in [-0.2, 0) is 0 Å². The number of rotatable bonds is 9. The maximum Gasteiger partial charge on any atom is 0.228 e. The van der Waals surface area contributed by atoms with E-state index < -0.39 is 0 Å². The molecule has 2 aliphatic rings. The number of nitrogens with one attached hydrogen (secondary N) is 1. The summed E-state index contributed by atoms with van der Waals surface area (Å²) in [6.07, 6.45) is 6.99. The quantitative estimate of drug-likeness (QED) is 0.527. The zero-order valence-corrected chi connectivity index (χ0v) is 19.1. The van der Waals surface area contributed by atoms with Crippen molar-refractivity contribution in [1.82, 2.24) is 19.9 Å². The Morgan fingerprint density at radius 2 is 1.28 bits per heavy atom. The van der Waals surface area contributed by atoms with Crippen LogP contribution in [0.2, 0.25) is 0 Å². The Morgan fingerprint density at radius 3 is 1.81 bits per heavy atom. The van der Waals surface area contributed by atoms with Crippen molar-refractivity contribution in [2.45, 2.75) is 45.4 Å². The molecule has 176 valence electrons. The molecule has 2 fully saturated rings. The van der Waals surface area contributed by atoms with E-state index in [1.54, 1.807) is 0 Å². The summed E-state index contributed by atoms with van der Waals surface area (Å²) in [6, 6.07) is 0. The number of aliphatic hydroxyl groups is 2. The lowest BCUT2D eigenvalue weighted by Crippen LogP contribution is -2.35. The first-order valence-corrected chi connectivity index (χ1v) is 12.1. The number of nitrogens with zero attached hydrogens (tertiary/aromatic N) is 7. The van der Waals surface area contributed by atoms with Crippen LogP contribution in [0, 0.1) is 0 Å². The van der Waals surface area contributed by atoms with Gasteiger partial charge in [-0.15, -0.1) is 0 Å². The summed E-state index contributed by atoms with van der Waals surface area (Å²) in [4.78, 5) is 26.0. The summed E-state index contributed by atoms with van der Waals surface area (Å²) in [6.45, 7) is 7.22. The molecule has 2 aromatic rings. The Balaban J connectivity index is 1.91. The van der Waals surface area contributed by atoms with Gasteiger partial charge in [0.2, 0.25) is 11.9 Å². The van der Waals surface area contributed by atoms with E-state index in [0.29, 0.717) is 25.0 Å². The van der Waals surface area contributed by atoms with Gasteiger partial charge in [0, 0.05) is 45.8 Å². The highest BCUT2D eigenvalue weighted by Gasteiger charge is 2.25. The molecule has 0 saturated carbocycles. The molecule has 0 spiro atoms. The van der Waals surface area contributed by atoms with Crippen molar-refractivity contribution < 1.29 is 10.2 Å². The highest BCUT2D eigenvalue weighted by Crippen LogP contribution is 2.34. The first-order valence-electron chi connectivity index (χ1n) is 12.1. The molecule has 3 N–H and O–H groups in total. The average molecular weight is 445 g/mol. The largest absolute Gasteiger partial charge is 0.395 e. The van der Waals surface area contributed by atoms with Crippen LogP contribution in [0.15, 0.2) is 0 Å². The topological polar surface area (TPSA) is 114 Å². The normalized spacial score (nSPS) is 17.1. The van der Waals surface area contributed by atoms with Crippen molar-refractivity contribution >= 4 is 34.6 Å². The van der Waals surface area contributed by atoms with Gasteiger partial charge in [-0.3, -0.25) is 0 Å². The summed E-state index contributed by atoms with van der Waals surface area (Å²) >= 11 is 0. The van der Waals surface area contributed by atoms with Gasteiger partial charge >= 0.3 is 0 Å². The van der Waals surface area contributed by atoms with Gasteiger partial charge in [0.05, 0.1) is 13.2 Å². The molecule has 10 heteroatoms. The molecular formula is C22H36N8O2. The van der Waals surface area contributed by atoms with Gasteiger partial charge in [-0.1, -0.05) is 0 Å². The van der Waals surface area contributed by atoms with Crippen molar-refractivity contribution in [3.05, 3.63) is 0 Å². The zero-order chi connectivity index (χ0) is 22.3. The molecule has 0 unspecified atom stereocenters. The van der Waals surface area contributed by atoms with Gasteiger partial charge in [-0.05, 0) is 45.4 Å². The van der Waals surface area contributed by atoms with Gasteiger partial charge in [-0.25, -0.2) is 9.97 Å². The molecule has 2 aliphatic heterocycles. The fourth-order valence-electron chi connectivity index (χ4n) is 4.56. The predicted octanol–water partition coefficient (Wildman–Crippen LogP) is 1.62. The third kappa shape index (κ3) is 4.96. The fraction of sp³-hybridized carbons (Fsp3) is 0.727. The number of anilines is 4. The Morgan fingerprint density at radius 1 is 0.750 bits per heavy atom. The van der Waals surface area contributed by atoms with E-state index in [1.807, 2.05) is 11.8 Å². The Kier molecular flexibility index (Phi) is 7.75. The number of piperidine rings is 2. The van der Waals surface area contributed by atoms with Crippen molar-refractivity contribution in [2.75, 3.05) is 79.0 Å². The second kappa shape index (κ2) is 10.9. The minimum Gasteiger partial charge on any atom is -0.395 e. The van der Waals surface area contributed by atoms with Crippen LogP contribution in [0.5, 0.6) is 0 Å². The third-order valence-electron chi connectivity index (χ3n) is 6.16. The molecule has 0 amide bonds. The predicted molar refractivity (Wildman–Crippen MR) is 128 cm³/mol.